The number of aliphatic hydroxyl groups is 2. The SMILES string of the molecule is CC/C=C\C/C=C\CC(O)/C=C/C=C\CC(O)/C=C/CCCCC(=O)O. The van der Waals surface area contributed by atoms with E-state index in [4.69, 9.17) is 5.11 Å². The molecule has 4 nitrogen and oxygen atoms in total. The summed E-state index contributed by atoms with van der Waals surface area (Å²) in [5.41, 5.74) is 0. The molecule has 2 unspecified atom stereocenters. The van der Waals surface area contributed by atoms with Crippen molar-refractivity contribution >= 4 is 5.97 Å². The van der Waals surface area contributed by atoms with Gasteiger partial charge >= 0.3 is 5.97 Å². The van der Waals surface area contributed by atoms with Gasteiger partial charge in [0, 0.05) is 6.42 Å². The van der Waals surface area contributed by atoms with E-state index in [9.17, 15) is 15.0 Å². The van der Waals surface area contributed by atoms with Crippen LogP contribution in [0.3, 0.4) is 0 Å². The van der Waals surface area contributed by atoms with Gasteiger partial charge in [-0.3, -0.25) is 4.79 Å². The van der Waals surface area contributed by atoms with E-state index in [-0.39, 0.29) is 6.42 Å². The average Bonchev–Trinajstić information content (AvgIpc) is 2.60. The minimum Gasteiger partial charge on any atom is -0.481 e. The van der Waals surface area contributed by atoms with E-state index in [0.29, 0.717) is 19.3 Å². The smallest absolute Gasteiger partial charge is 0.303 e. The lowest BCUT2D eigenvalue weighted by Gasteiger charge is -2.01. The normalized spacial score (nSPS) is 15.2. The number of unbranched alkanes of at least 4 members (excludes halogenated alkanes) is 2. The summed E-state index contributed by atoms with van der Waals surface area (Å²) < 4.78 is 0. The van der Waals surface area contributed by atoms with Gasteiger partial charge in [-0.15, -0.1) is 0 Å². The molecule has 0 aliphatic rings. The molecule has 0 aliphatic carbocycles. The van der Waals surface area contributed by atoms with E-state index in [2.05, 4.69) is 19.1 Å². The summed E-state index contributed by atoms with van der Waals surface area (Å²) in [6, 6.07) is 0. The zero-order chi connectivity index (χ0) is 19.5. The molecule has 0 spiro atoms. The molecular weight excluding hydrogens is 328 g/mol. The molecule has 0 saturated heterocycles. The van der Waals surface area contributed by atoms with Crippen molar-refractivity contribution in [3.8, 4) is 0 Å². The molecule has 4 heteroatoms. The quantitative estimate of drug-likeness (QED) is 0.224. The Bertz CT molecular complexity index is 486. The van der Waals surface area contributed by atoms with Gasteiger partial charge in [-0.1, -0.05) is 67.7 Å². The van der Waals surface area contributed by atoms with Gasteiger partial charge in [-0.25, -0.2) is 0 Å². The first-order valence-electron chi connectivity index (χ1n) is 9.44. The van der Waals surface area contributed by atoms with Crippen LogP contribution in [0.4, 0.5) is 0 Å². The number of carboxylic acid groups (broad SMARTS) is 1. The summed E-state index contributed by atoms with van der Waals surface area (Å²) in [5, 5.41) is 28.1. The van der Waals surface area contributed by atoms with E-state index in [1.165, 1.54) is 0 Å². The highest BCUT2D eigenvalue weighted by Crippen LogP contribution is 2.03. The number of carboxylic acids is 1. The summed E-state index contributed by atoms with van der Waals surface area (Å²) in [5.74, 6) is -0.766. The number of aliphatic hydroxyl groups excluding tert-OH is 2. The van der Waals surface area contributed by atoms with Gasteiger partial charge < -0.3 is 15.3 Å². The zero-order valence-electron chi connectivity index (χ0n) is 15.8. The molecule has 146 valence electrons. The van der Waals surface area contributed by atoms with Crippen LogP contribution in [-0.2, 0) is 4.79 Å². The van der Waals surface area contributed by atoms with Crippen LogP contribution in [0.5, 0.6) is 0 Å². The van der Waals surface area contributed by atoms with E-state index >= 15 is 0 Å². The standard InChI is InChI=1S/C22H34O4/c1-2-3-4-5-6-10-15-20(23)17-12-9-13-18-21(24)16-11-7-8-14-19-22(25)26/h3-4,6,9-13,16-17,20-21,23-24H,2,5,7-8,14-15,18-19H2,1H3,(H,25,26)/b4-3-,10-6-,13-9-,16-11+,17-12+. The van der Waals surface area contributed by atoms with Crippen molar-refractivity contribution in [2.24, 2.45) is 0 Å². The summed E-state index contributed by atoms with van der Waals surface area (Å²) in [4.78, 5) is 10.4. The summed E-state index contributed by atoms with van der Waals surface area (Å²) in [6.45, 7) is 2.10. The summed E-state index contributed by atoms with van der Waals surface area (Å²) >= 11 is 0. The fraction of sp³-hybridized carbons (Fsp3) is 0.500. The van der Waals surface area contributed by atoms with Crippen molar-refractivity contribution in [3.63, 3.8) is 0 Å². The second kappa shape index (κ2) is 17.9. The molecule has 0 heterocycles. The largest absolute Gasteiger partial charge is 0.481 e. The topological polar surface area (TPSA) is 77.8 Å². The molecule has 26 heavy (non-hydrogen) atoms. The van der Waals surface area contributed by atoms with Crippen molar-refractivity contribution in [1.29, 1.82) is 0 Å². The fourth-order valence-electron chi connectivity index (χ4n) is 2.11. The minimum absolute atomic E-state index is 0.197. The molecule has 2 atom stereocenters. The van der Waals surface area contributed by atoms with Gasteiger partial charge in [0.2, 0.25) is 0 Å². The van der Waals surface area contributed by atoms with E-state index in [1.807, 2.05) is 30.4 Å². The van der Waals surface area contributed by atoms with Gasteiger partial charge in [0.15, 0.2) is 0 Å². The number of hydrogen-bond donors (Lipinski definition) is 3. The third kappa shape index (κ3) is 18.4. The van der Waals surface area contributed by atoms with Gasteiger partial charge in [0.05, 0.1) is 12.2 Å². The summed E-state index contributed by atoms with van der Waals surface area (Å²) in [6.07, 6.45) is 23.5. The first kappa shape index (κ1) is 24.1. The molecule has 3 N–H and O–H groups in total. The maximum absolute atomic E-state index is 10.4. The van der Waals surface area contributed by atoms with Crippen LogP contribution in [0.1, 0.15) is 58.3 Å². The van der Waals surface area contributed by atoms with Gasteiger partial charge in [0.25, 0.3) is 0 Å². The predicted molar refractivity (Wildman–Crippen MR) is 108 cm³/mol. The zero-order valence-corrected chi connectivity index (χ0v) is 15.8. The molecular formula is C22H34O4. The van der Waals surface area contributed by atoms with E-state index in [1.54, 1.807) is 18.2 Å². The molecule has 0 aromatic carbocycles. The third-order valence-electron chi connectivity index (χ3n) is 3.55. The Hall–Kier alpha value is -1.91. The molecule has 0 amide bonds. The van der Waals surface area contributed by atoms with Crippen molar-refractivity contribution < 1.29 is 20.1 Å². The molecule has 0 rings (SSSR count). The Morgan fingerprint density at radius 1 is 0.846 bits per heavy atom. The monoisotopic (exact) mass is 362 g/mol. The Labute approximate surface area is 157 Å². The fourth-order valence-corrected chi connectivity index (χ4v) is 2.11. The Morgan fingerprint density at radius 2 is 1.54 bits per heavy atom. The molecule has 0 aliphatic heterocycles. The van der Waals surface area contributed by atoms with Gasteiger partial charge in [-0.2, -0.15) is 0 Å². The van der Waals surface area contributed by atoms with Crippen LogP contribution in [-0.4, -0.2) is 33.5 Å². The average molecular weight is 363 g/mol. The molecule has 0 aromatic heterocycles. The molecule has 0 bridgehead atoms. The highest BCUT2D eigenvalue weighted by Gasteiger charge is 1.97. The molecule has 0 saturated carbocycles. The molecule has 0 fully saturated rings. The second-order valence-electron chi connectivity index (χ2n) is 6.07. The Morgan fingerprint density at radius 3 is 2.27 bits per heavy atom. The van der Waals surface area contributed by atoms with Crippen LogP contribution in [0.15, 0.2) is 60.8 Å². The van der Waals surface area contributed by atoms with Crippen molar-refractivity contribution in [3.05, 3.63) is 60.8 Å². The lowest BCUT2D eigenvalue weighted by atomic mass is 10.1. The van der Waals surface area contributed by atoms with Crippen LogP contribution in [0.25, 0.3) is 0 Å². The highest BCUT2D eigenvalue weighted by atomic mass is 16.4. The lowest BCUT2D eigenvalue weighted by Crippen LogP contribution is -1.99. The predicted octanol–water partition coefficient (Wildman–Crippen LogP) is 4.71. The third-order valence-corrected chi connectivity index (χ3v) is 3.55. The van der Waals surface area contributed by atoms with Crippen molar-refractivity contribution in [1.82, 2.24) is 0 Å². The Kier molecular flexibility index (Phi) is 16.6. The Balaban J connectivity index is 3.80. The minimum atomic E-state index is -0.766. The van der Waals surface area contributed by atoms with Crippen LogP contribution < -0.4 is 0 Å². The van der Waals surface area contributed by atoms with Gasteiger partial charge in [0.1, 0.15) is 0 Å². The van der Waals surface area contributed by atoms with Crippen LogP contribution in [0.2, 0.25) is 0 Å². The number of rotatable bonds is 15. The van der Waals surface area contributed by atoms with Crippen LogP contribution in [0, 0.1) is 0 Å². The maximum atomic E-state index is 10.4. The molecule has 0 aromatic rings. The first-order valence-corrected chi connectivity index (χ1v) is 9.44. The first-order chi connectivity index (χ1) is 12.6. The lowest BCUT2D eigenvalue weighted by molar-refractivity contribution is -0.137. The van der Waals surface area contributed by atoms with Crippen LogP contribution >= 0.6 is 0 Å². The van der Waals surface area contributed by atoms with E-state index in [0.717, 1.165) is 25.7 Å². The maximum Gasteiger partial charge on any atom is 0.303 e. The van der Waals surface area contributed by atoms with Crippen molar-refractivity contribution in [2.75, 3.05) is 0 Å². The number of carbonyl (C=O) groups is 1. The van der Waals surface area contributed by atoms with Crippen molar-refractivity contribution in [2.45, 2.75) is 70.5 Å². The number of aliphatic carboxylic acids is 1. The molecule has 0 radical (unpaired) electrons. The highest BCUT2D eigenvalue weighted by molar-refractivity contribution is 5.66. The summed E-state index contributed by atoms with van der Waals surface area (Å²) in [7, 11) is 0. The van der Waals surface area contributed by atoms with Gasteiger partial charge in [-0.05, 0) is 44.9 Å². The second-order valence-corrected chi connectivity index (χ2v) is 6.07. The number of hydrogen-bond acceptors (Lipinski definition) is 3. The van der Waals surface area contributed by atoms with E-state index < -0.39 is 18.2 Å². The number of allylic oxidation sites excluding steroid dienone is 6.